The van der Waals surface area contributed by atoms with Crippen LogP contribution in [0.1, 0.15) is 5.56 Å². The molecular weight excluding hydrogens is 178 g/mol. The van der Waals surface area contributed by atoms with Gasteiger partial charge in [-0.25, -0.2) is 4.79 Å². The lowest BCUT2D eigenvalue weighted by Gasteiger charge is -2.21. The molecule has 1 aromatic rings. The smallest absolute Gasteiger partial charge is 0.321 e. The molecule has 3 rings (SSSR count). The van der Waals surface area contributed by atoms with Crippen molar-refractivity contribution in [3.63, 3.8) is 0 Å². The summed E-state index contributed by atoms with van der Waals surface area (Å²) in [4.78, 5) is 11.1. The quantitative estimate of drug-likeness (QED) is 0.569. The predicted octanol–water partition coefficient (Wildman–Crippen LogP) is 1.09. The van der Waals surface area contributed by atoms with Gasteiger partial charge in [-0.1, -0.05) is 18.2 Å². The standard InChI is InChI=1S/C10H9N3O/c14-10-12-8-5-6-3-1-2-4-7(6)11-9(8)13-10/h1-5,9,11H,(H2,12,13,14). The van der Waals surface area contributed by atoms with Crippen molar-refractivity contribution in [2.45, 2.75) is 6.17 Å². The third kappa shape index (κ3) is 0.970. The molecule has 2 aliphatic heterocycles. The summed E-state index contributed by atoms with van der Waals surface area (Å²) in [5.41, 5.74) is 3.03. The summed E-state index contributed by atoms with van der Waals surface area (Å²) >= 11 is 0. The van der Waals surface area contributed by atoms with Crippen molar-refractivity contribution >= 4 is 17.8 Å². The van der Waals surface area contributed by atoms with Crippen LogP contribution >= 0.6 is 0 Å². The SMILES string of the molecule is O=C1NC2=Cc3ccccc3NC2N1. The molecule has 4 heteroatoms. The molecule has 0 spiro atoms. The maximum atomic E-state index is 11.1. The van der Waals surface area contributed by atoms with Gasteiger partial charge in [0.05, 0.1) is 5.70 Å². The molecule has 0 bridgehead atoms. The van der Waals surface area contributed by atoms with Crippen molar-refractivity contribution in [1.29, 1.82) is 0 Å². The van der Waals surface area contributed by atoms with E-state index in [-0.39, 0.29) is 12.2 Å². The van der Waals surface area contributed by atoms with Crippen LogP contribution in [0.3, 0.4) is 0 Å². The number of para-hydroxylation sites is 1. The zero-order chi connectivity index (χ0) is 9.54. The van der Waals surface area contributed by atoms with Gasteiger partial charge in [-0.2, -0.15) is 0 Å². The second kappa shape index (κ2) is 2.51. The van der Waals surface area contributed by atoms with Crippen LogP contribution in [-0.2, 0) is 0 Å². The number of benzene rings is 1. The summed E-state index contributed by atoms with van der Waals surface area (Å²) in [5.74, 6) is 0. The Hall–Kier alpha value is -1.97. The summed E-state index contributed by atoms with van der Waals surface area (Å²) in [7, 11) is 0. The Bertz CT molecular complexity index is 439. The highest BCUT2D eigenvalue weighted by atomic mass is 16.2. The zero-order valence-corrected chi connectivity index (χ0v) is 7.37. The average Bonchev–Trinajstić information content (AvgIpc) is 2.53. The van der Waals surface area contributed by atoms with Crippen LogP contribution in [0.15, 0.2) is 30.0 Å². The van der Waals surface area contributed by atoms with Crippen molar-refractivity contribution < 1.29 is 4.79 Å². The highest BCUT2D eigenvalue weighted by molar-refractivity contribution is 5.86. The number of carbonyl (C=O) groups is 1. The molecule has 0 aliphatic carbocycles. The van der Waals surface area contributed by atoms with E-state index in [0.717, 1.165) is 16.9 Å². The molecule has 0 aromatic heterocycles. The molecule has 2 aliphatic rings. The molecule has 1 saturated heterocycles. The van der Waals surface area contributed by atoms with Crippen molar-refractivity contribution in [1.82, 2.24) is 10.6 Å². The number of rotatable bonds is 0. The van der Waals surface area contributed by atoms with E-state index in [1.807, 2.05) is 30.3 Å². The Morgan fingerprint density at radius 1 is 1.14 bits per heavy atom. The minimum Gasteiger partial charge on any atom is -0.360 e. The summed E-state index contributed by atoms with van der Waals surface area (Å²) in [5, 5.41) is 8.74. The van der Waals surface area contributed by atoms with Crippen molar-refractivity contribution in [2.75, 3.05) is 5.32 Å². The number of anilines is 1. The highest BCUT2D eigenvalue weighted by Crippen LogP contribution is 2.26. The highest BCUT2D eigenvalue weighted by Gasteiger charge is 2.28. The first kappa shape index (κ1) is 7.44. The molecule has 1 unspecified atom stereocenters. The van der Waals surface area contributed by atoms with Crippen molar-refractivity contribution in [3.8, 4) is 0 Å². The Kier molecular flexibility index (Phi) is 1.33. The van der Waals surface area contributed by atoms with Gasteiger partial charge in [-0.15, -0.1) is 0 Å². The number of amides is 2. The summed E-state index contributed by atoms with van der Waals surface area (Å²) in [6.07, 6.45) is 1.88. The Balaban J connectivity index is 2.07. The average molecular weight is 187 g/mol. The van der Waals surface area contributed by atoms with E-state index < -0.39 is 0 Å². The van der Waals surface area contributed by atoms with Gasteiger partial charge in [0.15, 0.2) is 0 Å². The maximum Gasteiger partial charge on any atom is 0.321 e. The van der Waals surface area contributed by atoms with E-state index in [2.05, 4.69) is 16.0 Å². The van der Waals surface area contributed by atoms with Gasteiger partial charge < -0.3 is 16.0 Å². The molecule has 0 radical (unpaired) electrons. The van der Waals surface area contributed by atoms with Crippen LogP contribution in [0.25, 0.3) is 6.08 Å². The lowest BCUT2D eigenvalue weighted by atomic mass is 10.1. The van der Waals surface area contributed by atoms with Crippen LogP contribution in [0, 0.1) is 0 Å². The minimum atomic E-state index is -0.151. The Morgan fingerprint density at radius 3 is 2.93 bits per heavy atom. The zero-order valence-electron chi connectivity index (χ0n) is 7.37. The second-order valence-corrected chi connectivity index (χ2v) is 3.36. The molecule has 2 heterocycles. The third-order valence-corrected chi connectivity index (χ3v) is 2.42. The predicted molar refractivity (Wildman–Crippen MR) is 53.5 cm³/mol. The van der Waals surface area contributed by atoms with E-state index >= 15 is 0 Å². The first-order chi connectivity index (χ1) is 6.83. The number of nitrogens with one attached hydrogen (secondary N) is 3. The van der Waals surface area contributed by atoms with Crippen molar-refractivity contribution in [3.05, 3.63) is 35.5 Å². The number of fused-ring (bicyclic) bond motifs is 2. The van der Waals surface area contributed by atoms with Crippen LogP contribution in [0.5, 0.6) is 0 Å². The van der Waals surface area contributed by atoms with Gasteiger partial charge in [-0.3, -0.25) is 0 Å². The van der Waals surface area contributed by atoms with E-state index in [4.69, 9.17) is 0 Å². The molecular formula is C10H9N3O. The van der Waals surface area contributed by atoms with Crippen LogP contribution < -0.4 is 16.0 Å². The van der Waals surface area contributed by atoms with Crippen molar-refractivity contribution in [2.24, 2.45) is 0 Å². The van der Waals surface area contributed by atoms with Gasteiger partial charge >= 0.3 is 6.03 Å². The fourth-order valence-corrected chi connectivity index (χ4v) is 1.76. The van der Waals surface area contributed by atoms with E-state index in [0.29, 0.717) is 0 Å². The summed E-state index contributed by atoms with van der Waals surface area (Å²) < 4.78 is 0. The van der Waals surface area contributed by atoms with Gasteiger partial charge in [-0.05, 0) is 17.7 Å². The van der Waals surface area contributed by atoms with E-state index in [9.17, 15) is 4.79 Å². The molecule has 14 heavy (non-hydrogen) atoms. The largest absolute Gasteiger partial charge is 0.360 e. The van der Waals surface area contributed by atoms with Gasteiger partial charge in [0.25, 0.3) is 0 Å². The van der Waals surface area contributed by atoms with Crippen LogP contribution in [0.2, 0.25) is 0 Å². The summed E-state index contributed by atoms with van der Waals surface area (Å²) in [6.45, 7) is 0. The lowest BCUT2D eigenvalue weighted by Crippen LogP contribution is -2.34. The van der Waals surface area contributed by atoms with Crippen LogP contribution in [-0.4, -0.2) is 12.2 Å². The van der Waals surface area contributed by atoms with Gasteiger partial charge in [0.2, 0.25) is 0 Å². The number of hydrogen-bond donors (Lipinski definition) is 3. The molecule has 70 valence electrons. The van der Waals surface area contributed by atoms with E-state index in [1.165, 1.54) is 0 Å². The fourth-order valence-electron chi connectivity index (χ4n) is 1.76. The maximum absolute atomic E-state index is 11.1. The number of hydrogen-bond acceptors (Lipinski definition) is 2. The second-order valence-electron chi connectivity index (χ2n) is 3.36. The molecule has 1 atom stereocenters. The molecule has 0 saturated carbocycles. The topological polar surface area (TPSA) is 53.2 Å². The first-order valence-electron chi connectivity index (χ1n) is 4.47. The molecule has 3 N–H and O–H groups in total. The molecule has 1 aromatic carbocycles. The monoisotopic (exact) mass is 187 g/mol. The Labute approximate surface area is 81.0 Å². The van der Waals surface area contributed by atoms with Gasteiger partial charge in [0, 0.05) is 5.69 Å². The fraction of sp³-hybridized carbons (Fsp3) is 0.100. The lowest BCUT2D eigenvalue weighted by molar-refractivity contribution is 0.248. The summed E-state index contributed by atoms with van der Waals surface area (Å²) in [6, 6.07) is 7.79. The Morgan fingerprint density at radius 2 is 2.00 bits per heavy atom. The van der Waals surface area contributed by atoms with Gasteiger partial charge in [0.1, 0.15) is 6.17 Å². The number of carbonyl (C=O) groups excluding carboxylic acids is 1. The molecule has 2 amide bonds. The normalized spacial score (nSPS) is 22.4. The first-order valence-corrected chi connectivity index (χ1v) is 4.47. The molecule has 4 nitrogen and oxygen atoms in total. The third-order valence-electron chi connectivity index (χ3n) is 2.42. The van der Waals surface area contributed by atoms with E-state index in [1.54, 1.807) is 0 Å². The minimum absolute atomic E-state index is 0.0996. The van der Waals surface area contributed by atoms with Crippen LogP contribution in [0.4, 0.5) is 10.5 Å². The number of urea groups is 1. The molecule has 1 fully saturated rings.